The standard InChI is InChI=1S/C28H46N2O33S3.OS/c1-6(32)29-9-11(33)15(56-27-13(35)12(34)18(51-2)21(59-27)23(37)38)8(5-53-65(45,46)47)55-26(9)58-19-14(36)20(62-66(48,49)50)28(60-22(19)24(39)40)57-16-7(4-31)54-25(52-3)10(17(16)61-63-41)30-64(42,43)44;1-2/h7-22,25-28,30-31,33-36,41H,4-5H2,1-3H3,(H,29,32)(H,37,38)(H,39,40)(H,42,43,44)(H,45,46,47)(H,48,49,50);/p-6. The Morgan fingerprint density at radius 1 is 0.632 bits per heavy atom. The second-order valence-electron chi connectivity index (χ2n) is 14.1. The summed E-state index contributed by atoms with van der Waals surface area (Å²) in [6.45, 7) is -1.97. The third-order valence-corrected chi connectivity index (χ3v) is 11.3. The van der Waals surface area contributed by atoms with Crippen LogP contribution in [0.4, 0.5) is 0 Å². The van der Waals surface area contributed by atoms with E-state index >= 15 is 0 Å². The number of ether oxygens (including phenoxy) is 9. The summed E-state index contributed by atoms with van der Waals surface area (Å²) >= 11 is 2.83. The lowest BCUT2D eigenvalue weighted by Crippen LogP contribution is -2.71. The van der Waals surface area contributed by atoms with Crippen LogP contribution in [0.25, 0.3) is 0 Å². The molecule has 0 aromatic heterocycles. The number of amides is 1. The lowest BCUT2D eigenvalue weighted by atomic mass is 9.94. The van der Waals surface area contributed by atoms with Gasteiger partial charge in [-0.3, -0.25) is 18.2 Å². The minimum Gasteiger partial charge on any atom is -0.735 e. The molecular formula is C28H40N2O34S4-6. The molecule has 40 heteroatoms. The van der Waals surface area contributed by atoms with E-state index in [1.54, 1.807) is 0 Å². The van der Waals surface area contributed by atoms with Crippen LogP contribution in [0.15, 0.2) is 0 Å². The summed E-state index contributed by atoms with van der Waals surface area (Å²) in [5, 5.41) is 95.4. The van der Waals surface area contributed by atoms with Gasteiger partial charge in [-0.25, -0.2) is 34.9 Å². The first kappa shape index (κ1) is 59.7. The fraction of sp³-hybridized carbons (Fsp3) is 0.893. The molecule has 0 radical (unpaired) electrons. The Morgan fingerprint density at radius 2 is 1.18 bits per heavy atom. The predicted octanol–water partition coefficient (Wildman–Crippen LogP) is -13.9. The van der Waals surface area contributed by atoms with Gasteiger partial charge in [0.25, 0.3) is 0 Å². The van der Waals surface area contributed by atoms with Gasteiger partial charge in [-0.1, -0.05) is 0 Å². The summed E-state index contributed by atoms with van der Waals surface area (Å²) in [5.74, 6) is -5.59. The number of carbonyl (C=O) groups excluding carboxylic acids is 3. The Labute approximate surface area is 387 Å². The first-order valence-corrected chi connectivity index (χ1v) is 22.7. The Hall–Kier alpha value is -2.64. The van der Waals surface area contributed by atoms with Gasteiger partial charge in [-0.2, -0.15) is 4.21 Å². The first-order chi connectivity index (χ1) is 31.6. The van der Waals surface area contributed by atoms with E-state index in [2.05, 4.69) is 30.8 Å². The maximum Gasteiger partial charge on any atom is 0.218 e. The summed E-state index contributed by atoms with van der Waals surface area (Å²) in [4.78, 5) is 41.3. The van der Waals surface area contributed by atoms with Gasteiger partial charge in [0, 0.05) is 21.1 Å². The fourth-order valence-corrected chi connectivity index (χ4v) is 8.48. The topological polar surface area (TPSA) is 554 Å². The number of nitrogens with one attached hydrogen (secondary N) is 2. The van der Waals surface area contributed by atoms with Gasteiger partial charge in [0.05, 0.1) is 25.2 Å². The molecule has 4 rings (SSSR count). The first-order valence-electron chi connectivity index (χ1n) is 18.3. The normalized spacial score (nSPS) is 39.2. The summed E-state index contributed by atoms with van der Waals surface area (Å²) in [6.07, 6.45) is -43.1. The largest absolute Gasteiger partial charge is 0.735 e. The van der Waals surface area contributed by atoms with Crippen LogP contribution in [0, 0.1) is 0 Å². The Balaban J connectivity index is 0.00000604. The third kappa shape index (κ3) is 15.4. The van der Waals surface area contributed by atoms with Crippen molar-refractivity contribution in [1.29, 1.82) is 0 Å². The number of hydrogen-bond acceptors (Lipinski definition) is 35. The van der Waals surface area contributed by atoms with E-state index in [4.69, 9.17) is 46.8 Å². The van der Waals surface area contributed by atoms with Gasteiger partial charge in [0.15, 0.2) is 54.1 Å². The number of carbonyl (C=O) groups is 3. The highest BCUT2D eigenvalue weighted by Crippen LogP contribution is 2.36. The number of hydrogen-bond donors (Lipinski definition) is 7. The maximum absolute atomic E-state index is 12.6. The average molecular weight is 1080 g/mol. The van der Waals surface area contributed by atoms with E-state index < -0.39 is 185 Å². The number of methoxy groups -OCH3 is 2. The molecule has 0 saturated carbocycles. The predicted molar refractivity (Wildman–Crippen MR) is 187 cm³/mol. The minimum absolute atomic E-state index is 0.789. The minimum atomic E-state index is -6.10. The maximum atomic E-state index is 12.6. The summed E-state index contributed by atoms with van der Waals surface area (Å²) < 4.78 is 171. The van der Waals surface area contributed by atoms with Gasteiger partial charge in [-0.15, -0.1) is 0 Å². The highest BCUT2D eigenvalue weighted by molar-refractivity contribution is 7.83. The molecule has 0 aromatic rings. The molecule has 4 aliphatic rings. The van der Waals surface area contributed by atoms with E-state index in [9.17, 15) is 94.3 Å². The van der Waals surface area contributed by atoms with Crippen LogP contribution < -0.4 is 25.5 Å². The van der Waals surface area contributed by atoms with Gasteiger partial charge < -0.3 is 112 Å². The molecule has 396 valence electrons. The lowest BCUT2D eigenvalue weighted by molar-refractivity contribution is -0.807. The number of aliphatic hydroxyl groups excluding tert-OH is 5. The third-order valence-electron chi connectivity index (χ3n) is 9.81. The average Bonchev–Trinajstić information content (AvgIpc) is 3.23. The van der Waals surface area contributed by atoms with Gasteiger partial charge >= 0.3 is 0 Å². The van der Waals surface area contributed by atoms with Crippen LogP contribution in [0.3, 0.4) is 0 Å². The molecule has 20 unspecified atom stereocenters. The second-order valence-corrected chi connectivity index (χ2v) is 17.3. The van der Waals surface area contributed by atoms with Crippen molar-refractivity contribution in [2.45, 2.75) is 130 Å². The molecule has 20 atom stereocenters. The summed E-state index contributed by atoms with van der Waals surface area (Å²) in [5.41, 5.74) is 0. The summed E-state index contributed by atoms with van der Waals surface area (Å²) in [7, 11) is -15.6. The van der Waals surface area contributed by atoms with Crippen LogP contribution in [0.2, 0.25) is 0 Å². The molecule has 4 heterocycles. The Morgan fingerprint density at radius 3 is 1.66 bits per heavy atom. The quantitative estimate of drug-likeness (QED) is 0.0243. The molecule has 7 N–H and O–H groups in total. The SMILES string of the molecule is COC1OC(CO)C(OC2OC(C(=O)[O-])C(OC3OC(COS(=O)(=O)[O-])C(OC4OC(C(=O)[O-])C(OC)C(O)C4O)C(O)C3NC(C)=O)C(O)C2OS(=O)(=O)[O-])C(OO[O-])C1NS(=O)(=O)[O-].O=S. The molecule has 0 aromatic carbocycles. The van der Waals surface area contributed by atoms with Crippen LogP contribution in [-0.2, 0) is 119 Å². The molecule has 68 heavy (non-hydrogen) atoms. The molecule has 0 bridgehead atoms. The molecular weight excluding hydrogens is 1040 g/mol. The smallest absolute Gasteiger partial charge is 0.218 e. The van der Waals surface area contributed by atoms with Gasteiger partial charge in [0.1, 0.15) is 91.4 Å². The fourth-order valence-electron chi connectivity index (χ4n) is 7.13. The van der Waals surface area contributed by atoms with Crippen molar-refractivity contribution in [3.05, 3.63) is 0 Å². The monoisotopic (exact) mass is 1080 g/mol. The van der Waals surface area contributed by atoms with E-state index in [1.807, 2.05) is 5.32 Å². The van der Waals surface area contributed by atoms with E-state index in [-0.39, 0.29) is 0 Å². The van der Waals surface area contributed by atoms with Crippen LogP contribution in [-0.4, -0.2) is 237 Å². The molecule has 0 aliphatic carbocycles. The van der Waals surface area contributed by atoms with Crippen LogP contribution in [0.5, 0.6) is 0 Å². The molecule has 0 spiro atoms. The zero-order valence-corrected chi connectivity index (χ0v) is 37.4. The Kier molecular flexibility index (Phi) is 22.1. The number of aliphatic carboxylic acids is 2. The van der Waals surface area contributed by atoms with E-state index in [1.165, 1.54) is 4.72 Å². The number of carboxylic acid groups (broad SMARTS) is 2. The van der Waals surface area contributed by atoms with Gasteiger partial charge in [0.2, 0.25) is 26.7 Å². The van der Waals surface area contributed by atoms with E-state index in [0.29, 0.717) is 0 Å². The summed E-state index contributed by atoms with van der Waals surface area (Å²) in [6, 6.07) is -4.38. The van der Waals surface area contributed by atoms with E-state index in [0.717, 1.165) is 21.1 Å². The molecule has 1 amide bonds. The van der Waals surface area contributed by atoms with Crippen molar-refractivity contribution >= 4 is 61.5 Å². The van der Waals surface area contributed by atoms with Crippen molar-refractivity contribution in [2.24, 2.45) is 0 Å². The molecule has 4 fully saturated rings. The second kappa shape index (κ2) is 25.1. The van der Waals surface area contributed by atoms with Crippen molar-refractivity contribution in [3.63, 3.8) is 0 Å². The Bertz CT molecular complexity index is 2020. The van der Waals surface area contributed by atoms with Crippen molar-refractivity contribution in [2.75, 3.05) is 27.4 Å². The zero-order valence-electron chi connectivity index (χ0n) is 34.2. The highest BCUT2D eigenvalue weighted by Gasteiger charge is 2.58. The number of aliphatic hydroxyl groups is 5. The zero-order chi connectivity index (χ0) is 51.8. The number of carboxylic acids is 2. The van der Waals surface area contributed by atoms with Crippen molar-refractivity contribution in [1.82, 2.24) is 10.0 Å². The van der Waals surface area contributed by atoms with Crippen LogP contribution in [0.1, 0.15) is 6.92 Å². The lowest BCUT2D eigenvalue weighted by Gasteiger charge is -2.51. The van der Waals surface area contributed by atoms with Crippen molar-refractivity contribution < 1.29 is 159 Å². The highest BCUT2D eigenvalue weighted by atomic mass is 32.3. The molecule has 4 aliphatic heterocycles. The molecule has 4 saturated heterocycles. The van der Waals surface area contributed by atoms with Crippen molar-refractivity contribution in [3.8, 4) is 0 Å². The van der Waals surface area contributed by atoms with Crippen LogP contribution >= 0.6 is 0 Å². The number of rotatable bonds is 21. The molecule has 36 nitrogen and oxygen atoms in total. The van der Waals surface area contributed by atoms with Gasteiger partial charge in [-0.05, 0) is 0 Å².